The molecule has 0 saturated carbocycles. The monoisotopic (exact) mass is 200 g/mol. The van der Waals surface area contributed by atoms with Crippen LogP contribution in [-0.4, -0.2) is 31.2 Å². The van der Waals surface area contributed by atoms with E-state index in [0.717, 1.165) is 25.9 Å². The van der Waals surface area contributed by atoms with Crippen molar-refractivity contribution >= 4 is 5.91 Å². The van der Waals surface area contributed by atoms with Gasteiger partial charge in [0, 0.05) is 25.6 Å². The molecule has 1 amide bonds. The molecule has 1 heterocycles. The summed E-state index contributed by atoms with van der Waals surface area (Å²) >= 11 is 0. The molecule has 1 saturated heterocycles. The van der Waals surface area contributed by atoms with Gasteiger partial charge in [0.15, 0.2) is 0 Å². The van der Waals surface area contributed by atoms with E-state index in [-0.39, 0.29) is 11.9 Å². The zero-order valence-electron chi connectivity index (χ0n) is 8.79. The molecule has 14 heavy (non-hydrogen) atoms. The number of hydrogen-bond donors (Lipinski definition) is 2. The van der Waals surface area contributed by atoms with Crippen molar-refractivity contribution in [2.75, 3.05) is 13.2 Å². The van der Waals surface area contributed by atoms with Gasteiger partial charge in [-0.2, -0.15) is 0 Å². The Labute approximate surface area is 85.2 Å². The molecule has 4 heteroatoms. The Morgan fingerprint density at radius 2 is 2.50 bits per heavy atom. The molecule has 3 N–H and O–H groups in total. The summed E-state index contributed by atoms with van der Waals surface area (Å²) in [6.07, 6.45) is 3.93. The summed E-state index contributed by atoms with van der Waals surface area (Å²) in [6.45, 7) is 3.29. The van der Waals surface area contributed by atoms with E-state index < -0.39 is 0 Å². The first kappa shape index (κ1) is 11.5. The van der Waals surface area contributed by atoms with Crippen molar-refractivity contribution in [3.63, 3.8) is 0 Å². The second-order valence-corrected chi connectivity index (χ2v) is 3.88. The molecule has 1 rings (SSSR count). The molecule has 0 radical (unpaired) electrons. The Morgan fingerprint density at radius 1 is 1.71 bits per heavy atom. The van der Waals surface area contributed by atoms with Gasteiger partial charge in [0.2, 0.25) is 5.91 Å². The highest BCUT2D eigenvalue weighted by Gasteiger charge is 2.18. The van der Waals surface area contributed by atoms with Crippen LogP contribution in [0.4, 0.5) is 0 Å². The quantitative estimate of drug-likeness (QED) is 0.675. The van der Waals surface area contributed by atoms with Gasteiger partial charge >= 0.3 is 0 Å². The van der Waals surface area contributed by atoms with E-state index in [1.807, 2.05) is 6.92 Å². The third-order valence-electron chi connectivity index (χ3n) is 2.42. The number of carbonyl (C=O) groups excluding carboxylic acids is 1. The average Bonchev–Trinajstić information content (AvgIpc) is 2.56. The molecule has 1 aliphatic heterocycles. The van der Waals surface area contributed by atoms with Gasteiger partial charge in [0.05, 0.1) is 6.10 Å². The number of amides is 1. The van der Waals surface area contributed by atoms with Gasteiger partial charge in [-0.3, -0.25) is 4.79 Å². The average molecular weight is 200 g/mol. The SMILES string of the molecule is CC(CC1CCCO1)NC(=O)CCN. The Morgan fingerprint density at radius 3 is 3.07 bits per heavy atom. The highest BCUT2D eigenvalue weighted by Crippen LogP contribution is 2.16. The maximum absolute atomic E-state index is 11.2. The molecule has 0 spiro atoms. The Kier molecular flexibility index (Phi) is 4.90. The van der Waals surface area contributed by atoms with Crippen molar-refractivity contribution in [3.8, 4) is 0 Å². The first-order valence-corrected chi connectivity index (χ1v) is 5.33. The summed E-state index contributed by atoms with van der Waals surface area (Å²) < 4.78 is 5.49. The lowest BCUT2D eigenvalue weighted by Crippen LogP contribution is -2.35. The Balaban J connectivity index is 2.14. The van der Waals surface area contributed by atoms with Crippen LogP contribution in [0.3, 0.4) is 0 Å². The molecule has 2 unspecified atom stereocenters. The van der Waals surface area contributed by atoms with E-state index in [9.17, 15) is 4.79 Å². The van der Waals surface area contributed by atoms with E-state index in [0.29, 0.717) is 19.1 Å². The van der Waals surface area contributed by atoms with Gasteiger partial charge in [-0.25, -0.2) is 0 Å². The summed E-state index contributed by atoms with van der Waals surface area (Å²) in [6, 6.07) is 0.192. The van der Waals surface area contributed by atoms with Gasteiger partial charge in [-0.1, -0.05) is 0 Å². The first-order valence-electron chi connectivity index (χ1n) is 5.33. The minimum Gasteiger partial charge on any atom is -0.378 e. The lowest BCUT2D eigenvalue weighted by atomic mass is 10.1. The maximum Gasteiger partial charge on any atom is 0.221 e. The number of carbonyl (C=O) groups is 1. The minimum absolute atomic E-state index is 0.0398. The Bertz CT molecular complexity index is 179. The molecule has 0 aromatic heterocycles. The first-order chi connectivity index (χ1) is 6.72. The van der Waals surface area contributed by atoms with E-state index in [1.165, 1.54) is 0 Å². The van der Waals surface area contributed by atoms with E-state index >= 15 is 0 Å². The normalized spacial score (nSPS) is 23.4. The molecule has 1 fully saturated rings. The second-order valence-electron chi connectivity index (χ2n) is 3.88. The Hall–Kier alpha value is -0.610. The zero-order chi connectivity index (χ0) is 10.4. The van der Waals surface area contributed by atoms with Crippen LogP contribution in [-0.2, 0) is 9.53 Å². The van der Waals surface area contributed by atoms with Crippen LogP contribution in [0.1, 0.15) is 32.6 Å². The van der Waals surface area contributed by atoms with Crippen molar-refractivity contribution in [2.24, 2.45) is 5.73 Å². The van der Waals surface area contributed by atoms with Crippen LogP contribution in [0.5, 0.6) is 0 Å². The maximum atomic E-state index is 11.2. The number of rotatable bonds is 5. The van der Waals surface area contributed by atoms with Crippen molar-refractivity contribution in [2.45, 2.75) is 44.8 Å². The molecule has 82 valence electrons. The zero-order valence-corrected chi connectivity index (χ0v) is 8.79. The lowest BCUT2D eigenvalue weighted by Gasteiger charge is -2.17. The fourth-order valence-electron chi connectivity index (χ4n) is 1.76. The number of hydrogen-bond acceptors (Lipinski definition) is 3. The molecule has 2 atom stereocenters. The predicted molar refractivity (Wildman–Crippen MR) is 54.9 cm³/mol. The van der Waals surface area contributed by atoms with E-state index in [2.05, 4.69) is 5.32 Å². The molecule has 0 aromatic rings. The summed E-state index contributed by atoms with van der Waals surface area (Å²) in [5, 5.41) is 2.91. The molecular weight excluding hydrogens is 180 g/mol. The van der Waals surface area contributed by atoms with E-state index in [4.69, 9.17) is 10.5 Å². The summed E-state index contributed by atoms with van der Waals surface area (Å²) in [7, 11) is 0. The lowest BCUT2D eigenvalue weighted by molar-refractivity contribution is -0.121. The van der Waals surface area contributed by atoms with Crippen molar-refractivity contribution in [3.05, 3.63) is 0 Å². The fourth-order valence-corrected chi connectivity index (χ4v) is 1.76. The number of nitrogens with two attached hydrogens (primary N) is 1. The van der Waals surface area contributed by atoms with E-state index in [1.54, 1.807) is 0 Å². The molecule has 0 aromatic carbocycles. The van der Waals surface area contributed by atoms with Gasteiger partial charge in [0.1, 0.15) is 0 Å². The highest BCUT2D eigenvalue weighted by atomic mass is 16.5. The predicted octanol–water partition coefficient (Wildman–Crippen LogP) is 0.409. The standard InChI is InChI=1S/C10H20N2O2/c1-8(12-10(13)4-5-11)7-9-3-2-6-14-9/h8-9H,2-7,11H2,1H3,(H,12,13). The smallest absolute Gasteiger partial charge is 0.221 e. The van der Waals surface area contributed by atoms with Crippen molar-refractivity contribution in [1.82, 2.24) is 5.32 Å². The van der Waals surface area contributed by atoms with Crippen molar-refractivity contribution < 1.29 is 9.53 Å². The van der Waals surface area contributed by atoms with Crippen LogP contribution >= 0.6 is 0 Å². The largest absolute Gasteiger partial charge is 0.378 e. The molecule has 0 aliphatic carbocycles. The molecule has 1 aliphatic rings. The van der Waals surface area contributed by atoms with Crippen LogP contribution in [0.2, 0.25) is 0 Å². The highest BCUT2D eigenvalue weighted by molar-refractivity contribution is 5.76. The van der Waals surface area contributed by atoms with Gasteiger partial charge in [0.25, 0.3) is 0 Å². The fraction of sp³-hybridized carbons (Fsp3) is 0.900. The van der Waals surface area contributed by atoms with Gasteiger partial charge in [-0.15, -0.1) is 0 Å². The topological polar surface area (TPSA) is 64.3 Å². The van der Waals surface area contributed by atoms with Crippen LogP contribution in [0, 0.1) is 0 Å². The minimum atomic E-state index is 0.0398. The van der Waals surface area contributed by atoms with Crippen LogP contribution in [0.25, 0.3) is 0 Å². The third-order valence-corrected chi connectivity index (χ3v) is 2.42. The number of nitrogens with one attached hydrogen (secondary N) is 1. The molecular formula is C10H20N2O2. The molecule has 4 nitrogen and oxygen atoms in total. The van der Waals surface area contributed by atoms with Crippen LogP contribution in [0.15, 0.2) is 0 Å². The van der Waals surface area contributed by atoms with Crippen LogP contribution < -0.4 is 11.1 Å². The van der Waals surface area contributed by atoms with Crippen molar-refractivity contribution in [1.29, 1.82) is 0 Å². The summed E-state index contributed by atoms with van der Waals surface area (Å²) in [5.41, 5.74) is 5.28. The van der Waals surface area contributed by atoms with Gasteiger partial charge in [-0.05, 0) is 26.2 Å². The molecule has 0 bridgehead atoms. The number of ether oxygens (including phenoxy) is 1. The second kappa shape index (κ2) is 5.98. The third kappa shape index (κ3) is 4.07. The summed E-state index contributed by atoms with van der Waals surface area (Å²) in [5.74, 6) is 0.0398. The summed E-state index contributed by atoms with van der Waals surface area (Å²) in [4.78, 5) is 11.2. The van der Waals surface area contributed by atoms with Gasteiger partial charge < -0.3 is 15.8 Å².